The van der Waals surface area contributed by atoms with Gasteiger partial charge in [-0.1, -0.05) is 46.8 Å². The smallest absolute Gasteiger partial charge is 0.178 e. The standard InChI is InChI=1S/C18H22OS2/c1-12(2)21-15-8-6-13(7-9-15)14-10-16(20-11-14)17(19)18(3,4)5/h6-12H,1-5H3. The zero-order chi connectivity index (χ0) is 15.6. The summed E-state index contributed by atoms with van der Waals surface area (Å²) in [7, 11) is 0. The SMILES string of the molecule is CC(C)Sc1ccc(-c2csc(C(=O)C(C)(C)C)c2)cc1. The molecule has 0 unspecified atom stereocenters. The van der Waals surface area contributed by atoms with E-state index in [-0.39, 0.29) is 11.2 Å². The molecule has 1 aromatic carbocycles. The summed E-state index contributed by atoms with van der Waals surface area (Å²) in [6.45, 7) is 10.3. The highest BCUT2D eigenvalue weighted by Gasteiger charge is 2.24. The van der Waals surface area contributed by atoms with Gasteiger partial charge in [-0.25, -0.2) is 0 Å². The first kappa shape index (κ1) is 16.3. The monoisotopic (exact) mass is 318 g/mol. The summed E-state index contributed by atoms with van der Waals surface area (Å²) in [4.78, 5) is 14.4. The van der Waals surface area contributed by atoms with E-state index < -0.39 is 0 Å². The zero-order valence-electron chi connectivity index (χ0n) is 13.3. The Morgan fingerprint density at radius 3 is 2.24 bits per heavy atom. The molecule has 112 valence electrons. The van der Waals surface area contributed by atoms with Crippen LogP contribution in [0.15, 0.2) is 40.6 Å². The molecule has 0 aliphatic rings. The van der Waals surface area contributed by atoms with Gasteiger partial charge in [-0.3, -0.25) is 4.79 Å². The first-order valence-electron chi connectivity index (χ1n) is 7.18. The predicted molar refractivity (Wildman–Crippen MR) is 94.5 cm³/mol. The van der Waals surface area contributed by atoms with Crippen LogP contribution in [0.25, 0.3) is 11.1 Å². The predicted octanol–water partition coefficient (Wildman–Crippen LogP) is 6.14. The van der Waals surface area contributed by atoms with Gasteiger partial charge >= 0.3 is 0 Å². The topological polar surface area (TPSA) is 17.1 Å². The van der Waals surface area contributed by atoms with Crippen molar-refractivity contribution in [2.75, 3.05) is 0 Å². The third-order valence-corrected chi connectivity index (χ3v) is 5.01. The van der Waals surface area contributed by atoms with Gasteiger partial charge in [0.15, 0.2) is 5.78 Å². The highest BCUT2D eigenvalue weighted by atomic mass is 32.2. The molecular formula is C18H22OS2. The molecule has 0 amide bonds. The molecule has 0 fully saturated rings. The lowest BCUT2D eigenvalue weighted by molar-refractivity contribution is 0.0863. The van der Waals surface area contributed by atoms with Gasteiger partial charge in [-0.2, -0.15) is 0 Å². The van der Waals surface area contributed by atoms with E-state index in [1.807, 2.05) is 38.6 Å². The maximum atomic E-state index is 12.3. The van der Waals surface area contributed by atoms with Gasteiger partial charge in [-0.15, -0.1) is 23.1 Å². The van der Waals surface area contributed by atoms with Gasteiger partial charge in [-0.05, 0) is 34.7 Å². The second-order valence-electron chi connectivity index (χ2n) is 6.47. The number of carbonyl (C=O) groups is 1. The van der Waals surface area contributed by atoms with E-state index in [9.17, 15) is 4.79 Å². The van der Waals surface area contributed by atoms with Crippen LogP contribution in [0.1, 0.15) is 44.3 Å². The largest absolute Gasteiger partial charge is 0.293 e. The highest BCUT2D eigenvalue weighted by Crippen LogP contribution is 2.32. The fraction of sp³-hybridized carbons (Fsp3) is 0.389. The van der Waals surface area contributed by atoms with Gasteiger partial charge < -0.3 is 0 Å². The fourth-order valence-electron chi connectivity index (χ4n) is 1.97. The van der Waals surface area contributed by atoms with E-state index in [1.54, 1.807) is 0 Å². The molecule has 0 saturated heterocycles. The molecule has 2 aromatic rings. The van der Waals surface area contributed by atoms with Crippen LogP contribution in [-0.2, 0) is 0 Å². The summed E-state index contributed by atoms with van der Waals surface area (Å²) < 4.78 is 0. The van der Waals surface area contributed by atoms with Gasteiger partial charge in [0.25, 0.3) is 0 Å². The van der Waals surface area contributed by atoms with Gasteiger partial charge in [0, 0.05) is 15.6 Å². The number of hydrogen-bond donors (Lipinski definition) is 0. The van der Waals surface area contributed by atoms with Crippen molar-refractivity contribution in [3.8, 4) is 11.1 Å². The number of thioether (sulfide) groups is 1. The fourth-order valence-corrected chi connectivity index (χ4v) is 3.88. The van der Waals surface area contributed by atoms with Crippen molar-refractivity contribution in [3.63, 3.8) is 0 Å². The van der Waals surface area contributed by atoms with Crippen molar-refractivity contribution < 1.29 is 4.79 Å². The van der Waals surface area contributed by atoms with Crippen LogP contribution in [0, 0.1) is 5.41 Å². The Balaban J connectivity index is 2.20. The number of carbonyl (C=O) groups excluding carboxylic acids is 1. The molecule has 0 saturated carbocycles. The van der Waals surface area contributed by atoms with Crippen LogP contribution in [-0.4, -0.2) is 11.0 Å². The average Bonchev–Trinajstić information content (AvgIpc) is 2.86. The third-order valence-electron chi connectivity index (χ3n) is 3.06. The Morgan fingerprint density at radius 2 is 1.71 bits per heavy atom. The van der Waals surface area contributed by atoms with Crippen molar-refractivity contribution in [2.24, 2.45) is 5.41 Å². The maximum absolute atomic E-state index is 12.3. The molecule has 2 rings (SSSR count). The quantitative estimate of drug-likeness (QED) is 0.497. The Kier molecular flexibility index (Phi) is 4.95. The Labute approximate surface area is 135 Å². The lowest BCUT2D eigenvalue weighted by Gasteiger charge is -2.14. The number of rotatable bonds is 4. The summed E-state index contributed by atoms with van der Waals surface area (Å²) in [6, 6.07) is 10.6. The molecule has 0 atom stereocenters. The van der Waals surface area contributed by atoms with Gasteiger partial charge in [0.05, 0.1) is 4.88 Å². The van der Waals surface area contributed by atoms with Crippen molar-refractivity contribution in [3.05, 3.63) is 40.6 Å². The van der Waals surface area contributed by atoms with E-state index in [1.165, 1.54) is 21.8 Å². The Bertz CT molecular complexity index is 615. The summed E-state index contributed by atoms with van der Waals surface area (Å²) in [5.74, 6) is 0.214. The number of hydrogen-bond acceptors (Lipinski definition) is 3. The van der Waals surface area contributed by atoms with Crippen molar-refractivity contribution in [1.82, 2.24) is 0 Å². The normalized spacial score (nSPS) is 11.9. The maximum Gasteiger partial charge on any atom is 0.178 e. The molecule has 1 aromatic heterocycles. The highest BCUT2D eigenvalue weighted by molar-refractivity contribution is 7.99. The van der Waals surface area contributed by atoms with Gasteiger partial charge in [0.2, 0.25) is 0 Å². The Morgan fingerprint density at radius 1 is 1.10 bits per heavy atom. The molecule has 0 spiro atoms. The van der Waals surface area contributed by atoms with Crippen LogP contribution >= 0.6 is 23.1 Å². The minimum atomic E-state index is -0.320. The number of benzene rings is 1. The molecule has 0 aliphatic carbocycles. The average molecular weight is 319 g/mol. The second-order valence-corrected chi connectivity index (χ2v) is 9.03. The van der Waals surface area contributed by atoms with Gasteiger partial charge in [0.1, 0.15) is 0 Å². The third kappa shape index (κ3) is 4.21. The zero-order valence-corrected chi connectivity index (χ0v) is 14.9. The van der Waals surface area contributed by atoms with Crippen LogP contribution in [0.3, 0.4) is 0 Å². The number of thiophene rings is 1. The minimum absolute atomic E-state index is 0.214. The van der Waals surface area contributed by atoms with E-state index in [0.717, 1.165) is 10.4 Å². The molecular weight excluding hydrogens is 296 g/mol. The first-order chi connectivity index (χ1) is 9.77. The molecule has 21 heavy (non-hydrogen) atoms. The summed E-state index contributed by atoms with van der Waals surface area (Å²) in [5.41, 5.74) is 1.99. The molecule has 0 N–H and O–H groups in total. The summed E-state index contributed by atoms with van der Waals surface area (Å²) >= 11 is 3.40. The van der Waals surface area contributed by atoms with Crippen molar-refractivity contribution in [1.29, 1.82) is 0 Å². The molecule has 1 heterocycles. The summed E-state index contributed by atoms with van der Waals surface area (Å²) in [5, 5.41) is 2.66. The molecule has 0 radical (unpaired) electrons. The van der Waals surface area contributed by atoms with Crippen molar-refractivity contribution in [2.45, 2.75) is 44.8 Å². The van der Waals surface area contributed by atoms with E-state index in [0.29, 0.717) is 5.25 Å². The van der Waals surface area contributed by atoms with Crippen molar-refractivity contribution >= 4 is 28.9 Å². The van der Waals surface area contributed by atoms with E-state index >= 15 is 0 Å². The molecule has 0 bridgehead atoms. The van der Waals surface area contributed by atoms with Crippen LogP contribution < -0.4 is 0 Å². The molecule has 0 aliphatic heterocycles. The van der Waals surface area contributed by atoms with E-state index in [2.05, 4.69) is 43.5 Å². The minimum Gasteiger partial charge on any atom is -0.293 e. The Hall–Kier alpha value is -1.06. The molecule has 1 nitrogen and oxygen atoms in total. The van der Waals surface area contributed by atoms with Crippen LogP contribution in [0.4, 0.5) is 0 Å². The lowest BCUT2D eigenvalue weighted by Crippen LogP contribution is -2.18. The summed E-state index contributed by atoms with van der Waals surface area (Å²) in [6.07, 6.45) is 0. The first-order valence-corrected chi connectivity index (χ1v) is 8.94. The number of ketones is 1. The number of Topliss-reactive ketones (excluding diaryl/α,β-unsaturated/α-hetero) is 1. The van der Waals surface area contributed by atoms with Crippen LogP contribution in [0.2, 0.25) is 0 Å². The lowest BCUT2D eigenvalue weighted by atomic mass is 9.90. The molecule has 3 heteroatoms. The second kappa shape index (κ2) is 6.37. The van der Waals surface area contributed by atoms with Crippen LogP contribution in [0.5, 0.6) is 0 Å². The van der Waals surface area contributed by atoms with E-state index in [4.69, 9.17) is 0 Å².